The smallest absolute Gasteiger partial charge is 0.104 e. The third kappa shape index (κ3) is 5.51. The first kappa shape index (κ1) is 11.9. The zero-order valence-corrected chi connectivity index (χ0v) is 8.31. The van der Waals surface area contributed by atoms with E-state index in [-0.39, 0.29) is 12.7 Å². The van der Waals surface area contributed by atoms with Crippen LogP contribution in [0.4, 0.5) is 0 Å². The van der Waals surface area contributed by atoms with Crippen molar-refractivity contribution in [1.29, 1.82) is 0 Å². The zero-order valence-electron chi connectivity index (χ0n) is 8.31. The number of aliphatic hydroxyl groups is 1. The predicted octanol–water partition coefficient (Wildman–Crippen LogP) is -0.573. The summed E-state index contributed by atoms with van der Waals surface area (Å²) in [6.07, 6.45) is -0.252. The highest BCUT2D eigenvalue weighted by atomic mass is 16.6. The van der Waals surface area contributed by atoms with E-state index in [1.54, 1.807) is 0 Å². The van der Waals surface area contributed by atoms with Crippen LogP contribution in [0, 0.1) is 0 Å². The summed E-state index contributed by atoms with van der Waals surface area (Å²) in [6.45, 7) is 3.64. The summed E-state index contributed by atoms with van der Waals surface area (Å²) in [6, 6.07) is 0. The van der Waals surface area contributed by atoms with E-state index in [1.807, 2.05) is 0 Å². The Labute approximate surface area is 83.9 Å². The molecule has 1 N–H and O–H groups in total. The van der Waals surface area contributed by atoms with Crippen LogP contribution in [0.15, 0.2) is 0 Å². The average Bonchev–Trinajstić information content (AvgIpc) is 2.19. The minimum atomic E-state index is -0.252. The second kappa shape index (κ2) is 8.14. The van der Waals surface area contributed by atoms with Gasteiger partial charge in [-0.25, -0.2) is 0 Å². The molecule has 14 heavy (non-hydrogen) atoms. The first-order chi connectivity index (χ1) is 6.93. The van der Waals surface area contributed by atoms with Crippen LogP contribution >= 0.6 is 0 Å². The lowest BCUT2D eigenvalue weighted by atomic mass is 10.4. The molecule has 0 radical (unpaired) electrons. The third-order valence-corrected chi connectivity index (χ3v) is 1.83. The molecule has 0 amide bonds. The molecule has 0 aromatic rings. The maximum atomic E-state index is 8.92. The van der Waals surface area contributed by atoms with Gasteiger partial charge in [0.25, 0.3) is 0 Å². The molecule has 1 aliphatic heterocycles. The molecule has 1 aliphatic rings. The SMILES string of the molecule is OCC1COCCOCCOCCO1. The second-order valence-electron chi connectivity index (χ2n) is 2.98. The number of hydrogen-bond donors (Lipinski definition) is 1. The Morgan fingerprint density at radius 2 is 1.43 bits per heavy atom. The second-order valence-corrected chi connectivity index (χ2v) is 2.98. The largest absolute Gasteiger partial charge is 0.394 e. The van der Waals surface area contributed by atoms with Gasteiger partial charge in [0.1, 0.15) is 6.10 Å². The van der Waals surface area contributed by atoms with Gasteiger partial charge in [-0.05, 0) is 0 Å². The van der Waals surface area contributed by atoms with Crippen molar-refractivity contribution in [2.75, 3.05) is 52.9 Å². The van der Waals surface area contributed by atoms with Crippen LogP contribution in [-0.4, -0.2) is 64.1 Å². The molecule has 1 saturated heterocycles. The Balaban J connectivity index is 2.17. The zero-order chi connectivity index (χ0) is 10.1. The van der Waals surface area contributed by atoms with Gasteiger partial charge >= 0.3 is 0 Å². The van der Waals surface area contributed by atoms with Crippen molar-refractivity contribution < 1.29 is 24.1 Å². The van der Waals surface area contributed by atoms with Gasteiger partial charge in [-0.1, -0.05) is 0 Å². The highest BCUT2D eigenvalue weighted by Gasteiger charge is 2.08. The van der Waals surface area contributed by atoms with Crippen LogP contribution in [0.25, 0.3) is 0 Å². The summed E-state index contributed by atoms with van der Waals surface area (Å²) in [5.41, 5.74) is 0. The molecule has 1 unspecified atom stereocenters. The lowest BCUT2D eigenvalue weighted by Gasteiger charge is -2.17. The number of aliphatic hydroxyl groups excluding tert-OH is 1. The molecule has 1 fully saturated rings. The molecule has 5 heteroatoms. The third-order valence-electron chi connectivity index (χ3n) is 1.83. The van der Waals surface area contributed by atoms with Crippen molar-refractivity contribution in [2.24, 2.45) is 0 Å². The molecule has 0 bridgehead atoms. The molecule has 1 rings (SSSR count). The van der Waals surface area contributed by atoms with Crippen LogP contribution in [0.1, 0.15) is 0 Å². The number of ether oxygens (including phenoxy) is 4. The van der Waals surface area contributed by atoms with E-state index >= 15 is 0 Å². The summed E-state index contributed by atoms with van der Waals surface area (Å²) in [4.78, 5) is 0. The monoisotopic (exact) mass is 206 g/mol. The lowest BCUT2D eigenvalue weighted by molar-refractivity contribution is -0.0803. The summed E-state index contributed by atoms with van der Waals surface area (Å²) in [7, 11) is 0. The van der Waals surface area contributed by atoms with Gasteiger partial charge in [-0.2, -0.15) is 0 Å². The summed E-state index contributed by atoms with van der Waals surface area (Å²) < 4.78 is 21.0. The number of rotatable bonds is 1. The van der Waals surface area contributed by atoms with Crippen molar-refractivity contribution in [3.8, 4) is 0 Å². The molecule has 0 aromatic carbocycles. The molecule has 0 spiro atoms. The van der Waals surface area contributed by atoms with E-state index in [0.29, 0.717) is 46.2 Å². The normalized spacial score (nSPS) is 27.6. The van der Waals surface area contributed by atoms with E-state index < -0.39 is 0 Å². The first-order valence-electron chi connectivity index (χ1n) is 4.89. The molecule has 0 saturated carbocycles. The van der Waals surface area contributed by atoms with Gasteiger partial charge in [-0.15, -0.1) is 0 Å². The van der Waals surface area contributed by atoms with Gasteiger partial charge < -0.3 is 24.1 Å². The van der Waals surface area contributed by atoms with Crippen molar-refractivity contribution in [1.82, 2.24) is 0 Å². The predicted molar refractivity (Wildman–Crippen MR) is 49.3 cm³/mol. The fourth-order valence-corrected chi connectivity index (χ4v) is 1.08. The van der Waals surface area contributed by atoms with Gasteiger partial charge in [0.2, 0.25) is 0 Å². The van der Waals surface area contributed by atoms with Gasteiger partial charge in [-0.3, -0.25) is 0 Å². The Morgan fingerprint density at radius 1 is 0.857 bits per heavy atom. The Kier molecular flexibility index (Phi) is 6.90. The lowest BCUT2D eigenvalue weighted by Crippen LogP contribution is -2.27. The Hall–Kier alpha value is -0.200. The molecule has 0 aliphatic carbocycles. The van der Waals surface area contributed by atoms with Gasteiger partial charge in [0, 0.05) is 0 Å². The fourth-order valence-electron chi connectivity index (χ4n) is 1.08. The summed E-state index contributed by atoms with van der Waals surface area (Å²) >= 11 is 0. The van der Waals surface area contributed by atoms with Gasteiger partial charge in [0.15, 0.2) is 0 Å². The average molecular weight is 206 g/mol. The van der Waals surface area contributed by atoms with E-state index in [4.69, 9.17) is 24.1 Å². The minimum absolute atomic E-state index is 0.0269. The van der Waals surface area contributed by atoms with Crippen molar-refractivity contribution >= 4 is 0 Å². The molecule has 84 valence electrons. The standard InChI is InChI=1S/C9H18O5/c10-7-9-8-13-4-3-11-1-2-12-5-6-14-9/h9-10H,1-8H2. The maximum Gasteiger partial charge on any atom is 0.104 e. The Bertz CT molecular complexity index is 118. The molecule has 1 heterocycles. The van der Waals surface area contributed by atoms with Crippen LogP contribution in [0.2, 0.25) is 0 Å². The molecule has 1 atom stereocenters. The fraction of sp³-hybridized carbons (Fsp3) is 1.00. The van der Waals surface area contributed by atoms with E-state index in [0.717, 1.165) is 0 Å². The highest BCUT2D eigenvalue weighted by Crippen LogP contribution is 1.94. The number of hydrogen-bond acceptors (Lipinski definition) is 5. The van der Waals surface area contributed by atoms with Crippen LogP contribution < -0.4 is 0 Å². The first-order valence-corrected chi connectivity index (χ1v) is 4.89. The summed E-state index contributed by atoms with van der Waals surface area (Å²) in [5.74, 6) is 0. The summed E-state index contributed by atoms with van der Waals surface area (Å²) in [5, 5.41) is 8.92. The quantitative estimate of drug-likeness (QED) is 0.622. The van der Waals surface area contributed by atoms with Crippen molar-refractivity contribution in [3.63, 3.8) is 0 Å². The molecule has 0 aromatic heterocycles. The molecular formula is C9H18O5. The Morgan fingerprint density at radius 3 is 2.07 bits per heavy atom. The van der Waals surface area contributed by atoms with Gasteiger partial charge in [0.05, 0.1) is 52.9 Å². The topological polar surface area (TPSA) is 57.2 Å². The highest BCUT2D eigenvalue weighted by molar-refractivity contribution is 4.54. The van der Waals surface area contributed by atoms with Crippen LogP contribution in [0.5, 0.6) is 0 Å². The minimum Gasteiger partial charge on any atom is -0.394 e. The molecular weight excluding hydrogens is 188 g/mol. The van der Waals surface area contributed by atoms with E-state index in [2.05, 4.69) is 0 Å². The van der Waals surface area contributed by atoms with Crippen molar-refractivity contribution in [3.05, 3.63) is 0 Å². The molecule has 5 nitrogen and oxygen atoms in total. The van der Waals surface area contributed by atoms with Crippen molar-refractivity contribution in [2.45, 2.75) is 6.10 Å². The maximum absolute atomic E-state index is 8.92. The van der Waals surface area contributed by atoms with E-state index in [9.17, 15) is 0 Å². The van der Waals surface area contributed by atoms with Crippen LogP contribution in [-0.2, 0) is 18.9 Å². The van der Waals surface area contributed by atoms with Crippen LogP contribution in [0.3, 0.4) is 0 Å². The van der Waals surface area contributed by atoms with E-state index in [1.165, 1.54) is 0 Å².